The fourth-order valence-electron chi connectivity index (χ4n) is 2.54. The minimum atomic E-state index is -3.48. The molecule has 3 heterocycles. The van der Waals surface area contributed by atoms with E-state index in [2.05, 4.69) is 19.9 Å². The van der Waals surface area contributed by atoms with Gasteiger partial charge in [0.2, 0.25) is 5.16 Å². The Bertz CT molecular complexity index is 679. The summed E-state index contributed by atoms with van der Waals surface area (Å²) < 4.78 is 26.2. The Balaban J connectivity index is 1.52. The number of sulfonamides is 1. The molecule has 0 atom stereocenters. The summed E-state index contributed by atoms with van der Waals surface area (Å²) in [5.41, 5.74) is 1.25. The summed E-state index contributed by atoms with van der Waals surface area (Å²) in [5.74, 6) is 0. The summed E-state index contributed by atoms with van der Waals surface area (Å²) in [6.45, 7) is 3.41. The van der Waals surface area contributed by atoms with Crippen LogP contribution in [0.1, 0.15) is 5.56 Å². The third-order valence-corrected chi connectivity index (χ3v) is 5.61. The van der Waals surface area contributed by atoms with Gasteiger partial charge in [0.1, 0.15) is 0 Å². The average Bonchev–Trinajstić information content (AvgIpc) is 3.10. The fraction of sp³-hybridized carbons (Fsp3) is 0.429. The second-order valence-corrected chi connectivity index (χ2v) is 7.10. The van der Waals surface area contributed by atoms with Crippen molar-refractivity contribution in [3.63, 3.8) is 0 Å². The molecule has 0 radical (unpaired) electrons. The Morgan fingerprint density at radius 3 is 2.45 bits per heavy atom. The van der Waals surface area contributed by atoms with Gasteiger partial charge in [-0.25, -0.2) is 13.4 Å². The number of hydrogen-bond donors (Lipinski definition) is 1. The highest BCUT2D eigenvalue weighted by Crippen LogP contribution is 2.14. The third kappa shape index (κ3) is 3.34. The van der Waals surface area contributed by atoms with Crippen LogP contribution in [0.3, 0.4) is 0 Å². The molecule has 0 unspecified atom stereocenters. The van der Waals surface area contributed by atoms with Crippen LogP contribution < -0.4 is 0 Å². The first kappa shape index (κ1) is 15.1. The highest BCUT2D eigenvalue weighted by Gasteiger charge is 2.29. The molecule has 0 aromatic carbocycles. The van der Waals surface area contributed by atoms with Crippen LogP contribution in [-0.4, -0.2) is 65.3 Å². The molecule has 0 saturated carbocycles. The predicted octanol–water partition coefficient (Wildman–Crippen LogP) is 0.354. The Morgan fingerprint density at radius 2 is 1.82 bits per heavy atom. The van der Waals surface area contributed by atoms with E-state index < -0.39 is 10.0 Å². The Kier molecular flexibility index (Phi) is 4.51. The Labute approximate surface area is 130 Å². The van der Waals surface area contributed by atoms with Crippen LogP contribution in [0.5, 0.6) is 0 Å². The molecule has 0 bridgehead atoms. The van der Waals surface area contributed by atoms with Crippen LogP contribution in [0.25, 0.3) is 0 Å². The van der Waals surface area contributed by atoms with Gasteiger partial charge in [-0.3, -0.25) is 4.98 Å². The molecule has 1 saturated heterocycles. The van der Waals surface area contributed by atoms with E-state index in [9.17, 15) is 8.42 Å². The van der Waals surface area contributed by atoms with E-state index in [1.54, 1.807) is 12.4 Å². The molecule has 22 heavy (non-hydrogen) atoms. The van der Waals surface area contributed by atoms with Crippen molar-refractivity contribution in [2.45, 2.75) is 11.6 Å². The van der Waals surface area contributed by atoms with Crippen molar-refractivity contribution in [1.29, 1.82) is 0 Å². The van der Waals surface area contributed by atoms with E-state index in [4.69, 9.17) is 0 Å². The van der Waals surface area contributed by atoms with Crippen molar-refractivity contribution in [2.75, 3.05) is 32.7 Å². The van der Waals surface area contributed by atoms with Crippen LogP contribution in [0, 0.1) is 0 Å². The topological polar surface area (TPSA) is 82.2 Å². The van der Waals surface area contributed by atoms with Gasteiger partial charge in [0, 0.05) is 57.5 Å². The SMILES string of the molecule is O=S(=O)(c1ncc[nH]1)N1CCN(CCc2ccncc2)CC1. The Morgan fingerprint density at radius 1 is 1.09 bits per heavy atom. The van der Waals surface area contributed by atoms with E-state index in [1.807, 2.05) is 12.1 Å². The number of piperazine rings is 1. The van der Waals surface area contributed by atoms with Gasteiger partial charge < -0.3 is 9.88 Å². The molecule has 1 N–H and O–H groups in total. The first-order chi connectivity index (χ1) is 10.7. The summed E-state index contributed by atoms with van der Waals surface area (Å²) in [7, 11) is -3.48. The van der Waals surface area contributed by atoms with Crippen LogP contribution in [-0.2, 0) is 16.4 Å². The number of rotatable bonds is 5. The molecule has 2 aromatic heterocycles. The van der Waals surface area contributed by atoms with Crippen LogP contribution in [0.2, 0.25) is 0 Å². The molecule has 1 aliphatic heterocycles. The number of nitrogens with one attached hydrogen (secondary N) is 1. The molecule has 0 aliphatic carbocycles. The van der Waals surface area contributed by atoms with Crippen molar-refractivity contribution in [2.24, 2.45) is 0 Å². The molecule has 7 nitrogen and oxygen atoms in total. The highest BCUT2D eigenvalue weighted by atomic mass is 32.2. The zero-order chi connectivity index (χ0) is 15.4. The molecule has 0 amide bonds. The second kappa shape index (κ2) is 6.55. The lowest BCUT2D eigenvalue weighted by Crippen LogP contribution is -2.49. The van der Waals surface area contributed by atoms with Gasteiger partial charge in [-0.2, -0.15) is 4.31 Å². The quantitative estimate of drug-likeness (QED) is 0.859. The first-order valence-electron chi connectivity index (χ1n) is 7.27. The number of aromatic amines is 1. The van der Waals surface area contributed by atoms with Crippen molar-refractivity contribution >= 4 is 10.0 Å². The molecule has 1 fully saturated rings. The molecular weight excluding hydrogens is 302 g/mol. The lowest BCUT2D eigenvalue weighted by molar-refractivity contribution is 0.189. The smallest absolute Gasteiger partial charge is 0.276 e. The van der Waals surface area contributed by atoms with E-state index >= 15 is 0 Å². The largest absolute Gasteiger partial charge is 0.334 e. The number of H-pyrrole nitrogens is 1. The van der Waals surface area contributed by atoms with Crippen molar-refractivity contribution in [3.8, 4) is 0 Å². The summed E-state index contributed by atoms with van der Waals surface area (Å²) in [4.78, 5) is 12.8. The summed E-state index contributed by atoms with van der Waals surface area (Å²) in [6.07, 6.45) is 7.52. The molecule has 8 heteroatoms. The standard InChI is InChI=1S/C14H19N5O2S/c20-22(21,14-16-6-7-17-14)19-11-9-18(10-12-19)8-3-13-1-4-15-5-2-13/h1-2,4-7H,3,8-12H2,(H,16,17). The van der Waals surface area contributed by atoms with E-state index in [0.29, 0.717) is 13.1 Å². The summed E-state index contributed by atoms with van der Waals surface area (Å²) >= 11 is 0. The van der Waals surface area contributed by atoms with Crippen molar-refractivity contribution < 1.29 is 8.42 Å². The minimum absolute atomic E-state index is 0.0257. The van der Waals surface area contributed by atoms with Crippen LogP contribution in [0.15, 0.2) is 42.1 Å². The van der Waals surface area contributed by atoms with Crippen molar-refractivity contribution in [1.82, 2.24) is 24.2 Å². The number of imidazole rings is 1. The van der Waals surface area contributed by atoms with E-state index in [-0.39, 0.29) is 5.16 Å². The van der Waals surface area contributed by atoms with Gasteiger partial charge in [0.05, 0.1) is 0 Å². The van der Waals surface area contributed by atoms with E-state index in [1.165, 1.54) is 22.3 Å². The average molecular weight is 321 g/mol. The van der Waals surface area contributed by atoms with Crippen molar-refractivity contribution in [3.05, 3.63) is 42.5 Å². The summed E-state index contributed by atoms with van der Waals surface area (Å²) in [6, 6.07) is 4.02. The molecule has 3 rings (SSSR count). The monoisotopic (exact) mass is 321 g/mol. The maximum absolute atomic E-state index is 12.3. The summed E-state index contributed by atoms with van der Waals surface area (Å²) in [5, 5.41) is 0.0257. The molecule has 0 spiro atoms. The first-order valence-corrected chi connectivity index (χ1v) is 8.71. The highest BCUT2D eigenvalue weighted by molar-refractivity contribution is 7.88. The number of pyridine rings is 1. The lowest BCUT2D eigenvalue weighted by atomic mass is 10.2. The van der Waals surface area contributed by atoms with Gasteiger partial charge in [0.15, 0.2) is 0 Å². The zero-order valence-corrected chi connectivity index (χ0v) is 13.0. The number of aromatic nitrogens is 3. The molecule has 2 aromatic rings. The minimum Gasteiger partial charge on any atom is -0.334 e. The number of nitrogens with zero attached hydrogens (tertiary/aromatic N) is 4. The Hall–Kier alpha value is -1.77. The second-order valence-electron chi connectivity index (χ2n) is 5.25. The fourth-order valence-corrected chi connectivity index (χ4v) is 3.84. The normalized spacial score (nSPS) is 17.6. The maximum atomic E-state index is 12.3. The van der Waals surface area contributed by atoms with Crippen LogP contribution in [0.4, 0.5) is 0 Å². The van der Waals surface area contributed by atoms with Gasteiger partial charge in [-0.15, -0.1) is 0 Å². The van der Waals surface area contributed by atoms with Gasteiger partial charge in [-0.1, -0.05) is 0 Å². The maximum Gasteiger partial charge on any atom is 0.276 e. The molecular formula is C14H19N5O2S. The van der Waals surface area contributed by atoms with E-state index in [0.717, 1.165) is 26.1 Å². The van der Waals surface area contributed by atoms with Gasteiger partial charge in [0.25, 0.3) is 10.0 Å². The zero-order valence-electron chi connectivity index (χ0n) is 12.2. The predicted molar refractivity (Wildman–Crippen MR) is 81.7 cm³/mol. The molecule has 1 aliphatic rings. The third-order valence-electron chi connectivity index (χ3n) is 3.85. The number of hydrogen-bond acceptors (Lipinski definition) is 5. The lowest BCUT2D eigenvalue weighted by Gasteiger charge is -2.33. The van der Waals surface area contributed by atoms with Gasteiger partial charge >= 0.3 is 0 Å². The van der Waals surface area contributed by atoms with Crippen LogP contribution >= 0.6 is 0 Å². The van der Waals surface area contributed by atoms with Gasteiger partial charge in [-0.05, 0) is 24.1 Å². The molecule has 118 valence electrons.